The zero-order valence-corrected chi connectivity index (χ0v) is 13.7. The van der Waals surface area contributed by atoms with Crippen LogP contribution >= 0.6 is 0 Å². The molecule has 0 bridgehead atoms. The summed E-state index contributed by atoms with van der Waals surface area (Å²) in [6, 6.07) is 10.5. The normalized spacial score (nSPS) is 10.4. The number of hydrogen-bond donors (Lipinski definition) is 0. The molecule has 0 atom stereocenters. The van der Waals surface area contributed by atoms with Gasteiger partial charge in [0.05, 0.1) is 19.8 Å². The van der Waals surface area contributed by atoms with Crippen LogP contribution in [0.2, 0.25) is 0 Å². The molecule has 3 nitrogen and oxygen atoms in total. The zero-order chi connectivity index (χ0) is 16.8. The first kappa shape index (κ1) is 17.0. The van der Waals surface area contributed by atoms with Crippen molar-refractivity contribution in [3.8, 4) is 16.9 Å². The first-order valence-electron chi connectivity index (χ1n) is 7.67. The highest BCUT2D eigenvalue weighted by molar-refractivity contribution is 5.98. The Balaban J connectivity index is 2.57. The van der Waals surface area contributed by atoms with Crippen LogP contribution in [-0.4, -0.2) is 20.2 Å². The maximum atomic E-state index is 14.7. The molecule has 2 rings (SSSR count). The van der Waals surface area contributed by atoms with Gasteiger partial charge < -0.3 is 9.47 Å². The highest BCUT2D eigenvalue weighted by atomic mass is 19.1. The van der Waals surface area contributed by atoms with Crippen molar-refractivity contribution in [1.82, 2.24) is 0 Å². The lowest BCUT2D eigenvalue weighted by atomic mass is 9.96. The highest BCUT2D eigenvalue weighted by Crippen LogP contribution is 2.36. The van der Waals surface area contributed by atoms with Crippen LogP contribution in [0.25, 0.3) is 11.1 Å². The monoisotopic (exact) mass is 316 g/mol. The summed E-state index contributed by atoms with van der Waals surface area (Å²) in [4.78, 5) is 11.9. The minimum atomic E-state index is -0.460. The molecule has 2 aromatic carbocycles. The molecule has 0 aliphatic carbocycles. The molecule has 0 heterocycles. The Labute approximate surface area is 136 Å². The number of carbonyl (C=O) groups excluding carboxylic acids is 1. The van der Waals surface area contributed by atoms with Crippen LogP contribution in [0.5, 0.6) is 5.75 Å². The number of halogens is 1. The molecule has 2 aromatic rings. The van der Waals surface area contributed by atoms with E-state index >= 15 is 0 Å². The minimum absolute atomic E-state index is 0.162. The minimum Gasteiger partial charge on any atom is -0.493 e. The predicted octanol–water partition coefficient (Wildman–Crippen LogP) is 4.63. The van der Waals surface area contributed by atoms with E-state index < -0.39 is 5.97 Å². The van der Waals surface area contributed by atoms with E-state index in [1.807, 2.05) is 0 Å². The summed E-state index contributed by atoms with van der Waals surface area (Å²) in [5, 5.41) is 0. The van der Waals surface area contributed by atoms with Crippen molar-refractivity contribution < 1.29 is 18.7 Å². The van der Waals surface area contributed by atoms with Gasteiger partial charge in [0.2, 0.25) is 0 Å². The molecule has 122 valence electrons. The lowest BCUT2D eigenvalue weighted by molar-refractivity contribution is 0.0601. The van der Waals surface area contributed by atoms with Crippen molar-refractivity contribution in [3.63, 3.8) is 0 Å². The van der Waals surface area contributed by atoms with Gasteiger partial charge in [0, 0.05) is 5.56 Å². The van der Waals surface area contributed by atoms with Crippen molar-refractivity contribution >= 4 is 5.97 Å². The maximum absolute atomic E-state index is 14.7. The lowest BCUT2D eigenvalue weighted by Gasteiger charge is -2.15. The summed E-state index contributed by atoms with van der Waals surface area (Å²) >= 11 is 0. The largest absolute Gasteiger partial charge is 0.493 e. The molecule has 0 aromatic heterocycles. The number of ether oxygens (including phenoxy) is 2. The van der Waals surface area contributed by atoms with E-state index in [1.54, 1.807) is 36.4 Å². The number of hydrogen-bond acceptors (Lipinski definition) is 3. The summed E-state index contributed by atoms with van der Waals surface area (Å²) in [6.45, 7) is 2.07. The Hall–Kier alpha value is -2.36. The first-order valence-corrected chi connectivity index (χ1v) is 7.67. The fraction of sp³-hybridized carbons (Fsp3) is 0.316. The molecule has 0 unspecified atom stereocenters. The van der Waals surface area contributed by atoms with Crippen LogP contribution in [-0.2, 0) is 11.2 Å². The summed E-state index contributed by atoms with van der Waals surface area (Å²) in [7, 11) is 2.76. The fourth-order valence-corrected chi connectivity index (χ4v) is 2.57. The average molecular weight is 316 g/mol. The number of rotatable bonds is 6. The molecule has 0 radical (unpaired) electrons. The van der Waals surface area contributed by atoms with Crippen LogP contribution < -0.4 is 4.74 Å². The van der Waals surface area contributed by atoms with Gasteiger partial charge in [0.25, 0.3) is 0 Å². The fourth-order valence-electron chi connectivity index (χ4n) is 2.57. The maximum Gasteiger partial charge on any atom is 0.338 e. The number of benzene rings is 2. The first-order chi connectivity index (χ1) is 11.1. The molecule has 23 heavy (non-hydrogen) atoms. The molecule has 0 fully saturated rings. The second-order valence-electron chi connectivity index (χ2n) is 5.26. The van der Waals surface area contributed by atoms with E-state index in [9.17, 15) is 9.18 Å². The molecule has 4 heteroatoms. The zero-order valence-electron chi connectivity index (χ0n) is 13.7. The number of methoxy groups -OCH3 is 2. The topological polar surface area (TPSA) is 35.5 Å². The quantitative estimate of drug-likeness (QED) is 0.729. The van der Waals surface area contributed by atoms with Crippen LogP contribution in [0.15, 0.2) is 36.4 Å². The van der Waals surface area contributed by atoms with Gasteiger partial charge in [-0.2, -0.15) is 0 Å². The second kappa shape index (κ2) is 7.77. The van der Waals surface area contributed by atoms with Crippen LogP contribution in [0.3, 0.4) is 0 Å². The molecule has 0 amide bonds. The number of esters is 1. The van der Waals surface area contributed by atoms with Gasteiger partial charge in [-0.25, -0.2) is 9.18 Å². The SMILES string of the molecule is CCCCc1ccc(-c2ccccc2C(=O)OC)c(OC)c1F. The average Bonchev–Trinajstić information content (AvgIpc) is 2.59. The van der Waals surface area contributed by atoms with E-state index in [0.717, 1.165) is 12.8 Å². The van der Waals surface area contributed by atoms with Crippen molar-refractivity contribution in [3.05, 3.63) is 53.3 Å². The van der Waals surface area contributed by atoms with Gasteiger partial charge >= 0.3 is 5.97 Å². The molecular formula is C19H21FO3. The molecule has 0 saturated carbocycles. The second-order valence-corrected chi connectivity index (χ2v) is 5.26. The highest BCUT2D eigenvalue weighted by Gasteiger charge is 2.19. The van der Waals surface area contributed by atoms with Crippen molar-refractivity contribution in [2.45, 2.75) is 26.2 Å². The van der Waals surface area contributed by atoms with Crippen LogP contribution in [0.4, 0.5) is 4.39 Å². The van der Waals surface area contributed by atoms with Crippen molar-refractivity contribution in [2.24, 2.45) is 0 Å². The molecule has 0 N–H and O–H groups in total. The van der Waals surface area contributed by atoms with E-state index in [4.69, 9.17) is 9.47 Å². The molecule has 0 aliphatic heterocycles. The van der Waals surface area contributed by atoms with Crippen molar-refractivity contribution in [1.29, 1.82) is 0 Å². The third kappa shape index (κ3) is 3.52. The smallest absolute Gasteiger partial charge is 0.338 e. The Morgan fingerprint density at radius 2 is 1.83 bits per heavy atom. The molecular weight excluding hydrogens is 295 g/mol. The third-order valence-electron chi connectivity index (χ3n) is 3.80. The Bertz CT molecular complexity index is 695. The predicted molar refractivity (Wildman–Crippen MR) is 88.3 cm³/mol. The Morgan fingerprint density at radius 3 is 2.48 bits per heavy atom. The van der Waals surface area contributed by atoms with Gasteiger partial charge in [0.15, 0.2) is 11.6 Å². The van der Waals surface area contributed by atoms with E-state index in [-0.39, 0.29) is 11.6 Å². The van der Waals surface area contributed by atoms with Gasteiger partial charge in [-0.15, -0.1) is 0 Å². The number of aryl methyl sites for hydroxylation is 1. The van der Waals surface area contributed by atoms with E-state index in [1.165, 1.54) is 14.2 Å². The van der Waals surface area contributed by atoms with E-state index in [0.29, 0.717) is 28.7 Å². The molecule has 0 saturated heterocycles. The summed E-state index contributed by atoms with van der Waals surface area (Å²) in [6.07, 6.45) is 2.57. The summed E-state index contributed by atoms with van der Waals surface area (Å²) in [5.74, 6) is -0.661. The molecule has 0 spiro atoms. The number of carbonyl (C=O) groups is 1. The Kier molecular flexibility index (Phi) is 5.74. The van der Waals surface area contributed by atoms with Gasteiger partial charge in [-0.3, -0.25) is 0 Å². The standard InChI is InChI=1S/C19H21FO3/c1-4-5-8-13-11-12-15(18(22-2)17(13)20)14-9-6-7-10-16(14)19(21)23-3/h6-7,9-12H,4-5,8H2,1-3H3. The van der Waals surface area contributed by atoms with Gasteiger partial charge in [-0.05, 0) is 30.0 Å². The third-order valence-corrected chi connectivity index (χ3v) is 3.80. The van der Waals surface area contributed by atoms with Gasteiger partial charge in [0.1, 0.15) is 0 Å². The van der Waals surface area contributed by atoms with Crippen LogP contribution in [0.1, 0.15) is 35.7 Å². The summed E-state index contributed by atoms with van der Waals surface area (Å²) in [5.41, 5.74) is 2.15. The lowest BCUT2D eigenvalue weighted by Crippen LogP contribution is -2.05. The summed E-state index contributed by atoms with van der Waals surface area (Å²) < 4.78 is 24.8. The van der Waals surface area contributed by atoms with E-state index in [2.05, 4.69) is 6.92 Å². The van der Waals surface area contributed by atoms with Gasteiger partial charge in [-0.1, -0.05) is 43.7 Å². The molecule has 0 aliphatic rings. The van der Waals surface area contributed by atoms with Crippen LogP contribution in [0, 0.1) is 5.82 Å². The Morgan fingerprint density at radius 1 is 1.09 bits per heavy atom. The number of unbranched alkanes of at least 4 members (excludes halogenated alkanes) is 1. The van der Waals surface area contributed by atoms with Crippen molar-refractivity contribution in [2.75, 3.05) is 14.2 Å².